The highest BCUT2D eigenvalue weighted by Crippen LogP contribution is 2.44. The molecule has 0 saturated carbocycles. The number of rotatable bonds is 10. The predicted molar refractivity (Wildman–Crippen MR) is 173 cm³/mol. The van der Waals surface area contributed by atoms with Crippen molar-refractivity contribution >= 4 is 40.0 Å². The molecule has 0 aliphatic heterocycles. The van der Waals surface area contributed by atoms with Crippen molar-refractivity contribution in [1.29, 1.82) is 0 Å². The smallest absolute Gasteiger partial charge is 0.309 e. The summed E-state index contributed by atoms with van der Waals surface area (Å²) >= 11 is 3.43. The van der Waals surface area contributed by atoms with Gasteiger partial charge in [0.05, 0.1) is 21.8 Å². The number of ether oxygens (including phenoxy) is 1. The number of carboxylic acids is 1. The van der Waals surface area contributed by atoms with Crippen LogP contribution in [0.2, 0.25) is 0 Å². The molecule has 3 aromatic heterocycles. The molecule has 1 N–H and O–H groups in total. The lowest BCUT2D eigenvalue weighted by Gasteiger charge is -2.24. The van der Waals surface area contributed by atoms with E-state index in [2.05, 4.69) is 77.1 Å². The lowest BCUT2D eigenvalue weighted by molar-refractivity contribution is -0.146. The zero-order valence-electron chi connectivity index (χ0n) is 25.0. The van der Waals surface area contributed by atoms with Gasteiger partial charge >= 0.3 is 5.97 Å². The molecule has 0 unspecified atom stereocenters. The van der Waals surface area contributed by atoms with E-state index in [4.69, 9.17) is 4.74 Å². The number of nitrogens with zero attached hydrogens (tertiary/aromatic N) is 3. The van der Waals surface area contributed by atoms with E-state index in [1.54, 1.807) is 43.1 Å². The van der Waals surface area contributed by atoms with E-state index in [0.29, 0.717) is 19.6 Å². The minimum absolute atomic E-state index is 0.0840. The summed E-state index contributed by atoms with van der Waals surface area (Å²) in [5.41, 5.74) is 5.22. The minimum atomic E-state index is -0.941. The van der Waals surface area contributed by atoms with Crippen molar-refractivity contribution in [2.24, 2.45) is 5.41 Å². The van der Waals surface area contributed by atoms with E-state index in [1.165, 1.54) is 0 Å². The molecule has 0 saturated heterocycles. The average molecular weight is 600 g/mol. The molecule has 0 amide bonds. The van der Waals surface area contributed by atoms with E-state index in [-0.39, 0.29) is 4.75 Å². The molecule has 5 aromatic rings. The number of aliphatic carboxylic acids is 1. The number of pyridine rings is 1. The molecule has 42 heavy (non-hydrogen) atoms. The van der Waals surface area contributed by atoms with Gasteiger partial charge in [0, 0.05) is 56.3 Å². The van der Waals surface area contributed by atoms with Crippen LogP contribution in [0.25, 0.3) is 22.2 Å². The number of hydrogen-bond acceptors (Lipinski definition) is 6. The summed E-state index contributed by atoms with van der Waals surface area (Å²) in [6, 6.07) is 20.5. The number of thioether (sulfide) groups is 1. The summed E-state index contributed by atoms with van der Waals surface area (Å²) < 4.78 is 8.37. The molecule has 5 rings (SSSR count). The highest BCUT2D eigenvalue weighted by atomic mass is 32.2. The van der Waals surface area contributed by atoms with E-state index in [9.17, 15) is 9.90 Å². The largest absolute Gasteiger partial charge is 0.487 e. The number of fused-ring (bicyclic) bond motifs is 1. The maximum Gasteiger partial charge on any atom is 0.309 e. The van der Waals surface area contributed by atoms with Crippen LogP contribution >= 0.6 is 23.1 Å². The molecule has 218 valence electrons. The van der Waals surface area contributed by atoms with E-state index in [0.717, 1.165) is 54.8 Å². The van der Waals surface area contributed by atoms with Crippen LogP contribution in [0.5, 0.6) is 5.75 Å². The van der Waals surface area contributed by atoms with Gasteiger partial charge in [0.25, 0.3) is 0 Å². The summed E-state index contributed by atoms with van der Waals surface area (Å²) in [6.07, 6.45) is 2.16. The van der Waals surface area contributed by atoms with Crippen molar-refractivity contribution in [3.63, 3.8) is 0 Å². The Bertz CT molecular complexity index is 1700. The van der Waals surface area contributed by atoms with Gasteiger partial charge in [-0.1, -0.05) is 51.1 Å². The van der Waals surface area contributed by atoms with Gasteiger partial charge < -0.3 is 14.4 Å². The van der Waals surface area contributed by atoms with E-state index < -0.39 is 11.4 Å². The third-order valence-corrected chi connectivity index (χ3v) is 9.06. The molecule has 0 radical (unpaired) electrons. The monoisotopic (exact) mass is 599 g/mol. The Morgan fingerprint density at radius 1 is 1.05 bits per heavy atom. The first kappa shape index (κ1) is 29.9. The number of carboxylic acid groups (broad SMARTS) is 1. The van der Waals surface area contributed by atoms with Crippen LogP contribution in [-0.4, -0.2) is 30.4 Å². The van der Waals surface area contributed by atoms with Gasteiger partial charge in [0.1, 0.15) is 12.4 Å². The van der Waals surface area contributed by atoms with Crippen LogP contribution in [-0.2, 0) is 24.4 Å². The summed E-state index contributed by atoms with van der Waals surface area (Å²) in [4.78, 5) is 22.4. The molecular weight excluding hydrogens is 563 g/mol. The molecule has 6 nitrogen and oxygen atoms in total. The molecule has 0 bridgehead atoms. The Hall–Kier alpha value is -3.62. The molecule has 8 heteroatoms. The summed E-state index contributed by atoms with van der Waals surface area (Å²) in [7, 11) is 0. The van der Waals surface area contributed by atoms with Crippen molar-refractivity contribution in [2.45, 2.75) is 70.8 Å². The van der Waals surface area contributed by atoms with Crippen LogP contribution in [0, 0.1) is 12.3 Å². The first-order chi connectivity index (χ1) is 19.9. The van der Waals surface area contributed by atoms with Gasteiger partial charge in [-0.3, -0.25) is 9.78 Å². The SMILES string of the molecule is Cc1nc(-c2ccc(Cn3c(CC(C)(C)C(=O)O)c(SC(C)(C)C)c4cc(OCc5ccccn5)ccc43)cc2)cs1. The molecular formula is C34H37N3O3S2. The maximum atomic E-state index is 12.3. The second-order valence-electron chi connectivity index (χ2n) is 12.2. The fourth-order valence-corrected chi connectivity index (χ4v) is 6.62. The Morgan fingerprint density at radius 3 is 2.43 bits per heavy atom. The number of thiazole rings is 1. The molecule has 0 fully saturated rings. The van der Waals surface area contributed by atoms with Gasteiger partial charge in [-0.15, -0.1) is 23.1 Å². The first-order valence-electron chi connectivity index (χ1n) is 14.0. The van der Waals surface area contributed by atoms with Crippen LogP contribution in [0.15, 0.2) is 77.1 Å². The lowest BCUT2D eigenvalue weighted by atomic mass is 9.88. The van der Waals surface area contributed by atoms with Crippen molar-refractivity contribution in [3.8, 4) is 17.0 Å². The third-order valence-electron chi connectivity index (χ3n) is 7.01. The summed E-state index contributed by atoms with van der Waals surface area (Å²) in [5.74, 6) is -0.0543. The topological polar surface area (TPSA) is 77.2 Å². The predicted octanol–water partition coefficient (Wildman–Crippen LogP) is 8.64. The van der Waals surface area contributed by atoms with Crippen LogP contribution in [0.3, 0.4) is 0 Å². The molecule has 0 spiro atoms. The Balaban J connectivity index is 1.59. The standard InChI is InChI=1S/C34H37N3O3S2/c1-22-36-28(21-41-22)24-12-10-23(11-13-24)19-37-29-15-14-26(40-20-25-9-7-8-16-35-25)17-27(29)31(42-33(2,3)4)30(37)18-34(5,6)32(38)39/h7-17,21H,18-20H2,1-6H3,(H,38,39). The Morgan fingerprint density at radius 2 is 1.81 bits per heavy atom. The molecule has 3 heterocycles. The number of hydrogen-bond donors (Lipinski definition) is 1. The highest BCUT2D eigenvalue weighted by molar-refractivity contribution is 8.00. The molecule has 0 aliphatic carbocycles. The number of aromatic nitrogens is 3. The van der Waals surface area contributed by atoms with Gasteiger partial charge in [-0.05, 0) is 56.7 Å². The second kappa shape index (κ2) is 11.9. The fourth-order valence-electron chi connectivity index (χ4n) is 4.82. The lowest BCUT2D eigenvalue weighted by Crippen LogP contribution is -2.28. The molecule has 0 aliphatic rings. The van der Waals surface area contributed by atoms with Crippen molar-refractivity contribution in [3.05, 3.63) is 94.2 Å². The zero-order valence-corrected chi connectivity index (χ0v) is 26.6. The van der Waals surface area contributed by atoms with E-state index >= 15 is 0 Å². The summed E-state index contributed by atoms with van der Waals surface area (Å²) in [5, 5.41) is 14.3. The molecule has 2 aromatic carbocycles. The zero-order chi connectivity index (χ0) is 30.1. The second-order valence-corrected chi connectivity index (χ2v) is 15.1. The van der Waals surface area contributed by atoms with Gasteiger partial charge in [-0.2, -0.15) is 0 Å². The molecule has 0 atom stereocenters. The van der Waals surface area contributed by atoms with E-state index in [1.807, 2.05) is 31.2 Å². The van der Waals surface area contributed by atoms with Crippen LogP contribution < -0.4 is 4.74 Å². The maximum absolute atomic E-state index is 12.3. The van der Waals surface area contributed by atoms with Gasteiger partial charge in [0.15, 0.2) is 0 Å². The van der Waals surface area contributed by atoms with Gasteiger partial charge in [-0.25, -0.2) is 4.98 Å². The number of benzene rings is 2. The minimum Gasteiger partial charge on any atom is -0.487 e. The first-order valence-corrected chi connectivity index (χ1v) is 15.7. The normalized spacial score (nSPS) is 12.1. The Labute approximate surface area is 255 Å². The Kier molecular flexibility index (Phi) is 8.49. The van der Waals surface area contributed by atoms with Crippen molar-refractivity contribution in [1.82, 2.24) is 14.5 Å². The van der Waals surface area contributed by atoms with Crippen molar-refractivity contribution in [2.75, 3.05) is 0 Å². The third kappa shape index (κ3) is 6.88. The summed E-state index contributed by atoms with van der Waals surface area (Å²) in [6.45, 7) is 13.2. The van der Waals surface area contributed by atoms with Crippen LogP contribution in [0.4, 0.5) is 0 Å². The quantitative estimate of drug-likeness (QED) is 0.162. The van der Waals surface area contributed by atoms with Gasteiger partial charge in [0.2, 0.25) is 0 Å². The average Bonchev–Trinajstić information content (AvgIpc) is 3.49. The van der Waals surface area contributed by atoms with Crippen molar-refractivity contribution < 1.29 is 14.6 Å². The number of carbonyl (C=O) groups is 1. The highest BCUT2D eigenvalue weighted by Gasteiger charge is 2.33. The van der Waals surface area contributed by atoms with Crippen LogP contribution in [0.1, 0.15) is 56.6 Å². The fraction of sp³-hybridized carbons (Fsp3) is 0.324. The number of aryl methyl sites for hydroxylation is 1.